The van der Waals surface area contributed by atoms with Crippen LogP contribution >= 0.6 is 0 Å². The molecule has 0 atom stereocenters. The van der Waals surface area contributed by atoms with Gasteiger partial charge in [-0.15, -0.1) is 0 Å². The number of ether oxygens (including phenoxy) is 1. The van der Waals surface area contributed by atoms with Crippen molar-refractivity contribution >= 4 is 32.8 Å². The van der Waals surface area contributed by atoms with Gasteiger partial charge in [0.05, 0.1) is 33.4 Å². The molecular weight excluding hydrogens is 1100 g/mol. The van der Waals surface area contributed by atoms with E-state index in [0.717, 1.165) is 61.7 Å². The van der Waals surface area contributed by atoms with Crippen LogP contribution in [0.25, 0.3) is 83.4 Å². The van der Waals surface area contributed by atoms with E-state index in [-0.39, 0.29) is 43.3 Å². The van der Waals surface area contributed by atoms with E-state index in [0.29, 0.717) is 0 Å². The van der Waals surface area contributed by atoms with Crippen LogP contribution in [0.5, 0.6) is 11.5 Å². The highest BCUT2D eigenvalue weighted by Crippen LogP contribution is 2.45. The summed E-state index contributed by atoms with van der Waals surface area (Å²) in [6.07, 6.45) is 6.11. The molecule has 0 amide bonds. The molecule has 0 saturated heterocycles. The second-order valence-electron chi connectivity index (χ2n) is 34.3. The van der Waals surface area contributed by atoms with Gasteiger partial charge in [0.1, 0.15) is 17.3 Å². The number of imidazole rings is 1. The summed E-state index contributed by atoms with van der Waals surface area (Å²) in [5.74, 6) is 2.34. The Balaban J connectivity index is 1.21. The molecule has 0 N–H and O–H groups in total. The van der Waals surface area contributed by atoms with Crippen LogP contribution in [-0.4, -0.2) is 14.1 Å². The van der Waals surface area contributed by atoms with Crippen molar-refractivity contribution in [2.75, 3.05) is 0 Å². The average molecular weight is 1210 g/mol. The van der Waals surface area contributed by atoms with E-state index >= 15 is 0 Å². The zero-order chi connectivity index (χ0) is 66.1. The number of aromatic nitrogens is 4. The second kappa shape index (κ2) is 22.4. The first-order chi connectivity index (χ1) is 42.1. The minimum Gasteiger partial charge on any atom is -0.458 e. The molecule has 0 aliphatic carbocycles. The molecule has 11 rings (SSSR count). The number of fused-ring (bicyclic) bond motifs is 4. The predicted octanol–water partition coefficient (Wildman–Crippen LogP) is 23.4. The van der Waals surface area contributed by atoms with E-state index < -0.39 is 0 Å². The maximum absolute atomic E-state index is 7.09. The lowest BCUT2D eigenvalue weighted by Crippen LogP contribution is -2.32. The lowest BCUT2D eigenvalue weighted by molar-refractivity contribution is -0.571. The standard InChI is InChI=1S/C86H100N4O/c1-79(2,3)58-36-37-87-77(50-58)90-73-31-26-25-30-69(73)70-34-33-68(52-75(70)90)91-67-29-27-28-66(51-67)88-53-89(74-35-32-54(44-76(74)88)55-38-59(80(4,5)6)45-60(39-55)81(7,8)9)78-71(56-40-61(82(10,11)12)46-62(41-56)83(13,14)15)48-65(86(22,23)24)49-72(78)57-42-63(84(16,17)18)47-64(43-57)85(19,20)21/h25-52H,1-24H3. The summed E-state index contributed by atoms with van der Waals surface area (Å²) in [6, 6.07) is 62.1. The van der Waals surface area contributed by atoms with Gasteiger partial charge in [-0.25, -0.2) is 4.98 Å². The zero-order valence-corrected chi connectivity index (χ0v) is 59.4. The molecule has 3 aromatic heterocycles. The quantitative estimate of drug-likeness (QED) is 0.112. The van der Waals surface area contributed by atoms with Gasteiger partial charge in [-0.05, 0) is 176 Å². The third kappa shape index (κ3) is 13.0. The van der Waals surface area contributed by atoms with E-state index in [9.17, 15) is 0 Å². The topological polar surface area (TPSA) is 35.9 Å². The molecule has 0 aliphatic heterocycles. The fraction of sp³-hybridized carbons (Fsp3) is 0.372. The molecule has 0 unspecified atom stereocenters. The summed E-state index contributed by atoms with van der Waals surface area (Å²) in [5.41, 5.74) is 22.9. The van der Waals surface area contributed by atoms with Gasteiger partial charge in [-0.1, -0.05) is 269 Å². The minimum atomic E-state index is -0.189. The molecule has 3 heterocycles. The number of para-hydroxylation sites is 1. The van der Waals surface area contributed by atoms with Crippen LogP contribution in [0, 0.1) is 6.33 Å². The van der Waals surface area contributed by atoms with Crippen LogP contribution in [-0.2, 0) is 43.3 Å². The lowest BCUT2D eigenvalue weighted by Gasteiger charge is -2.30. The summed E-state index contributed by atoms with van der Waals surface area (Å²) in [5, 5.41) is 2.31. The van der Waals surface area contributed by atoms with E-state index in [1.54, 1.807) is 0 Å². The highest BCUT2D eigenvalue weighted by Gasteiger charge is 2.31. The summed E-state index contributed by atoms with van der Waals surface area (Å²) in [4.78, 5) is 4.99. The molecule has 0 fully saturated rings. The maximum Gasteiger partial charge on any atom is 0.269 e. The minimum absolute atomic E-state index is 0.0456. The Morgan fingerprint density at radius 1 is 0.341 bits per heavy atom. The third-order valence-corrected chi connectivity index (χ3v) is 18.6. The molecule has 470 valence electrons. The largest absolute Gasteiger partial charge is 0.458 e. The lowest BCUT2D eigenvalue weighted by atomic mass is 9.76. The first-order valence-electron chi connectivity index (χ1n) is 33.1. The number of benzene rings is 8. The van der Waals surface area contributed by atoms with Crippen molar-refractivity contribution in [2.24, 2.45) is 0 Å². The summed E-state index contributed by atoms with van der Waals surface area (Å²) in [6.45, 7) is 55.9. The van der Waals surface area contributed by atoms with Gasteiger partial charge in [0.2, 0.25) is 0 Å². The highest BCUT2D eigenvalue weighted by molar-refractivity contribution is 6.09. The first kappa shape index (κ1) is 64.5. The molecule has 0 saturated carbocycles. The Kier molecular flexibility index (Phi) is 15.9. The molecule has 0 radical (unpaired) electrons. The van der Waals surface area contributed by atoms with Crippen molar-refractivity contribution in [3.05, 3.63) is 221 Å². The van der Waals surface area contributed by atoms with Crippen LogP contribution in [0.3, 0.4) is 0 Å². The number of hydrogen-bond donors (Lipinski definition) is 0. The monoisotopic (exact) mass is 1200 g/mol. The zero-order valence-electron chi connectivity index (χ0n) is 59.4. The van der Waals surface area contributed by atoms with Crippen molar-refractivity contribution in [3.63, 3.8) is 0 Å². The SMILES string of the molecule is CC(C)(C)c1cc(-c2ccc3c(c2)n(-c2cccc(Oc4ccc5c6ccccc6n(-c6cc(C(C)(C)C)ccn6)c5c4)c2)[c-][n+]3-c2c(-c3cc(C(C)(C)C)cc(C(C)(C)C)c3)cc(C(C)(C)C)cc2-c2cc(C(C)(C)C)cc(C(C)(C)C)c2)cc(C(C)(C)C)c1. The molecule has 5 heteroatoms. The summed E-state index contributed by atoms with van der Waals surface area (Å²) in [7, 11) is 0. The van der Waals surface area contributed by atoms with E-state index in [4.69, 9.17) is 9.72 Å². The van der Waals surface area contributed by atoms with Crippen LogP contribution in [0.4, 0.5) is 0 Å². The van der Waals surface area contributed by atoms with E-state index in [1.807, 2.05) is 6.20 Å². The van der Waals surface area contributed by atoms with Crippen LogP contribution in [0.1, 0.15) is 211 Å². The fourth-order valence-electron chi connectivity index (χ4n) is 12.4. The van der Waals surface area contributed by atoms with Crippen molar-refractivity contribution in [1.82, 2.24) is 14.1 Å². The van der Waals surface area contributed by atoms with Crippen LogP contribution in [0.15, 0.2) is 170 Å². The summed E-state index contributed by atoms with van der Waals surface area (Å²) < 4.78 is 14.0. The van der Waals surface area contributed by atoms with Crippen molar-refractivity contribution in [1.29, 1.82) is 0 Å². The number of nitrogens with zero attached hydrogens (tertiary/aromatic N) is 4. The molecule has 0 aliphatic rings. The van der Waals surface area contributed by atoms with Gasteiger partial charge in [-0.2, -0.15) is 0 Å². The second-order valence-corrected chi connectivity index (χ2v) is 34.3. The van der Waals surface area contributed by atoms with Gasteiger partial charge in [-0.3, -0.25) is 13.7 Å². The van der Waals surface area contributed by atoms with Crippen LogP contribution in [0.2, 0.25) is 0 Å². The third-order valence-electron chi connectivity index (χ3n) is 18.6. The van der Waals surface area contributed by atoms with Crippen molar-refractivity contribution < 1.29 is 9.30 Å². The van der Waals surface area contributed by atoms with Gasteiger partial charge < -0.3 is 4.74 Å². The molecule has 5 nitrogen and oxygen atoms in total. The first-order valence-corrected chi connectivity index (χ1v) is 33.1. The Labute approximate surface area is 545 Å². The van der Waals surface area contributed by atoms with Gasteiger partial charge in [0.15, 0.2) is 0 Å². The van der Waals surface area contributed by atoms with Crippen molar-refractivity contribution in [3.8, 4) is 62.1 Å². The molecular formula is C86H100N4O. The Morgan fingerprint density at radius 3 is 1.29 bits per heavy atom. The molecule has 0 bridgehead atoms. The average Bonchev–Trinajstić information content (AvgIpc) is 1.70. The Hall–Kier alpha value is -8.02. The molecule has 91 heavy (non-hydrogen) atoms. The smallest absolute Gasteiger partial charge is 0.269 e. The van der Waals surface area contributed by atoms with Crippen LogP contribution < -0.4 is 9.30 Å². The van der Waals surface area contributed by atoms with Gasteiger partial charge in [0.25, 0.3) is 6.33 Å². The Bertz CT molecular complexity index is 4420. The predicted molar refractivity (Wildman–Crippen MR) is 388 cm³/mol. The van der Waals surface area contributed by atoms with Crippen molar-refractivity contribution in [2.45, 2.75) is 209 Å². The normalized spacial score (nSPS) is 13.3. The molecule has 11 aromatic rings. The number of rotatable bonds is 8. The maximum atomic E-state index is 7.09. The fourth-order valence-corrected chi connectivity index (χ4v) is 12.4. The van der Waals surface area contributed by atoms with Gasteiger partial charge >= 0.3 is 0 Å². The summed E-state index contributed by atoms with van der Waals surface area (Å²) >= 11 is 0. The van der Waals surface area contributed by atoms with Gasteiger partial charge in [0, 0.05) is 23.0 Å². The highest BCUT2D eigenvalue weighted by atomic mass is 16.5. The molecule has 0 spiro atoms. The number of pyridine rings is 1. The van der Waals surface area contributed by atoms with E-state index in [1.165, 1.54) is 77.7 Å². The van der Waals surface area contributed by atoms with E-state index in [2.05, 4.69) is 350 Å². The number of hydrogen-bond acceptors (Lipinski definition) is 2. The molecule has 8 aromatic carbocycles. The Morgan fingerprint density at radius 2 is 0.791 bits per heavy atom.